The summed E-state index contributed by atoms with van der Waals surface area (Å²) in [6.07, 6.45) is -1.08. The van der Waals surface area contributed by atoms with Crippen LogP contribution >= 0.6 is 0 Å². The molecule has 0 bridgehead atoms. The molecule has 3 aromatic rings. The van der Waals surface area contributed by atoms with Crippen LogP contribution in [0.1, 0.15) is 36.1 Å². The van der Waals surface area contributed by atoms with Crippen molar-refractivity contribution in [3.8, 4) is 17.1 Å². The number of fused-ring (bicyclic) bond motifs is 5. The highest BCUT2D eigenvalue weighted by atomic mass is 28.3. The van der Waals surface area contributed by atoms with Gasteiger partial charge in [0.15, 0.2) is 11.6 Å². The number of rotatable bonds is 2. The van der Waals surface area contributed by atoms with Gasteiger partial charge in [0.2, 0.25) is 5.75 Å². The van der Waals surface area contributed by atoms with Gasteiger partial charge >= 0.3 is 5.97 Å². The van der Waals surface area contributed by atoms with Crippen LogP contribution in [0.4, 0.5) is 8.78 Å². The van der Waals surface area contributed by atoms with Crippen LogP contribution in [0, 0.1) is 11.6 Å². The summed E-state index contributed by atoms with van der Waals surface area (Å²) in [7, 11) is -2.13. The molecule has 166 valence electrons. The second-order valence-corrected chi connectivity index (χ2v) is 14.4. The van der Waals surface area contributed by atoms with E-state index in [1.54, 1.807) is 13.0 Å². The van der Waals surface area contributed by atoms with E-state index in [1.807, 2.05) is 0 Å². The summed E-state index contributed by atoms with van der Waals surface area (Å²) in [6, 6.07) is 2.73. The first-order chi connectivity index (χ1) is 15.0. The fraction of sp³-hybridized carbons (Fsp3) is 0.348. The Hall–Kier alpha value is -2.91. The molecule has 0 aliphatic carbocycles. The van der Waals surface area contributed by atoms with Gasteiger partial charge in [0.05, 0.1) is 44.0 Å². The zero-order valence-electron chi connectivity index (χ0n) is 18.2. The largest absolute Gasteiger partial charge is 0.420 e. The molecule has 2 aliphatic heterocycles. The molecule has 1 atom stereocenters. The molecule has 0 fully saturated rings. The highest BCUT2D eigenvalue weighted by molar-refractivity contribution is 6.90. The maximum atomic E-state index is 14.7. The number of ether oxygens (including phenoxy) is 1. The molecule has 0 amide bonds. The van der Waals surface area contributed by atoms with Gasteiger partial charge in [0, 0.05) is 17.0 Å². The number of nitrogens with zero attached hydrogens (tertiary/aromatic N) is 2. The van der Waals surface area contributed by atoms with E-state index in [-0.39, 0.29) is 24.3 Å². The topological polar surface area (TPSA) is 81.4 Å². The minimum absolute atomic E-state index is 0.171. The van der Waals surface area contributed by atoms with Crippen molar-refractivity contribution in [1.29, 1.82) is 0 Å². The molecule has 0 radical (unpaired) electrons. The molecule has 1 aromatic carbocycles. The van der Waals surface area contributed by atoms with E-state index in [9.17, 15) is 23.5 Å². The first kappa shape index (κ1) is 21.0. The fourth-order valence-electron chi connectivity index (χ4n) is 4.94. The normalized spacial score (nSPS) is 17.2. The van der Waals surface area contributed by atoms with Crippen molar-refractivity contribution in [1.82, 2.24) is 9.55 Å². The molecule has 6 nitrogen and oxygen atoms in total. The number of halogens is 2. The standard InChI is InChI=1S/C23H22F2N2O4Si/c1-5-10-18-14(7-13(24)19(10)25)26-20-12(22(18)32(2,3)4)9-27-15(20)6-11-16(28)8-17(29)31-21(11)23(27)30/h6-7,16,28H,5,8-9H2,1-4H3/t16-/m1/s1. The SMILES string of the molecule is CCc1c(F)c(F)cc2nc3c(c([Si](C)(C)C)c12)Cn1c-3cc2c(c1=O)OC(=O)C[C@H]2O. The van der Waals surface area contributed by atoms with Gasteiger partial charge in [0.1, 0.15) is 0 Å². The number of carbonyl (C=O) groups excluding carboxylic acids is 1. The lowest BCUT2D eigenvalue weighted by atomic mass is 10.00. The van der Waals surface area contributed by atoms with Crippen LogP contribution in [-0.2, 0) is 17.8 Å². The number of benzene rings is 1. The first-order valence-corrected chi connectivity index (χ1v) is 14.0. The minimum atomic E-state index is -2.13. The zero-order chi connectivity index (χ0) is 23.1. The molecule has 5 rings (SSSR count). The third-order valence-electron chi connectivity index (χ3n) is 6.25. The summed E-state index contributed by atoms with van der Waals surface area (Å²) >= 11 is 0. The lowest BCUT2D eigenvalue weighted by Gasteiger charge is -2.24. The highest BCUT2D eigenvalue weighted by Gasteiger charge is 2.37. The number of pyridine rings is 2. The Morgan fingerprint density at radius 1 is 1.25 bits per heavy atom. The van der Waals surface area contributed by atoms with Crippen molar-refractivity contribution in [2.45, 2.75) is 52.1 Å². The Bertz CT molecular complexity index is 1410. The molecule has 1 N–H and O–H groups in total. The Kier molecular flexibility index (Phi) is 4.45. The third-order valence-corrected chi connectivity index (χ3v) is 8.30. The van der Waals surface area contributed by atoms with E-state index in [0.29, 0.717) is 34.3 Å². The molecule has 0 saturated heterocycles. The fourth-order valence-corrected chi connectivity index (χ4v) is 7.08. The van der Waals surface area contributed by atoms with Gasteiger partial charge in [-0.3, -0.25) is 14.2 Å². The maximum absolute atomic E-state index is 14.7. The molecule has 4 heterocycles. The molecular formula is C23H22F2N2O4Si. The number of hydrogen-bond acceptors (Lipinski definition) is 5. The van der Waals surface area contributed by atoms with Crippen molar-refractivity contribution in [2.75, 3.05) is 0 Å². The number of hydrogen-bond donors (Lipinski definition) is 1. The lowest BCUT2D eigenvalue weighted by molar-refractivity contribution is -0.138. The van der Waals surface area contributed by atoms with Crippen LogP contribution in [0.15, 0.2) is 16.9 Å². The highest BCUT2D eigenvalue weighted by Crippen LogP contribution is 2.39. The number of aliphatic hydroxyl groups is 1. The molecule has 2 aromatic heterocycles. The molecule has 9 heteroatoms. The summed E-state index contributed by atoms with van der Waals surface area (Å²) in [5.41, 5.74) is 2.16. The summed E-state index contributed by atoms with van der Waals surface area (Å²) in [5.74, 6) is -2.65. The van der Waals surface area contributed by atoms with Crippen LogP contribution in [0.3, 0.4) is 0 Å². The van der Waals surface area contributed by atoms with Crippen molar-refractivity contribution in [2.24, 2.45) is 0 Å². The van der Waals surface area contributed by atoms with Crippen LogP contribution in [0.2, 0.25) is 19.6 Å². The smallest absolute Gasteiger partial charge is 0.314 e. The van der Waals surface area contributed by atoms with Gasteiger partial charge in [0.25, 0.3) is 5.56 Å². The Balaban J connectivity index is 1.90. The second kappa shape index (κ2) is 6.79. The predicted molar refractivity (Wildman–Crippen MR) is 118 cm³/mol. The van der Waals surface area contributed by atoms with Crippen molar-refractivity contribution in [3.05, 3.63) is 50.8 Å². The number of aryl methyl sites for hydroxylation is 1. The summed E-state index contributed by atoms with van der Waals surface area (Å²) in [5, 5.41) is 11.9. The van der Waals surface area contributed by atoms with E-state index in [2.05, 4.69) is 24.6 Å². The number of aromatic nitrogens is 2. The third kappa shape index (κ3) is 2.80. The number of esters is 1. The lowest BCUT2D eigenvalue weighted by Crippen LogP contribution is -2.42. The van der Waals surface area contributed by atoms with Gasteiger partial charge in [-0.25, -0.2) is 13.8 Å². The molecule has 0 unspecified atom stereocenters. The van der Waals surface area contributed by atoms with E-state index in [1.165, 1.54) is 4.57 Å². The Morgan fingerprint density at radius 2 is 1.97 bits per heavy atom. The Labute approximate surface area is 183 Å². The predicted octanol–water partition coefficient (Wildman–Crippen LogP) is 3.15. The van der Waals surface area contributed by atoms with Gasteiger partial charge in [-0.2, -0.15) is 0 Å². The van der Waals surface area contributed by atoms with Gasteiger partial charge in [-0.1, -0.05) is 26.6 Å². The molecule has 0 saturated carbocycles. The van der Waals surface area contributed by atoms with E-state index < -0.39 is 37.3 Å². The van der Waals surface area contributed by atoms with Gasteiger partial charge in [-0.15, -0.1) is 0 Å². The monoisotopic (exact) mass is 456 g/mol. The number of carbonyl (C=O) groups is 1. The van der Waals surface area contributed by atoms with E-state index in [0.717, 1.165) is 16.8 Å². The number of aliphatic hydroxyl groups excluding tert-OH is 1. The molecule has 32 heavy (non-hydrogen) atoms. The van der Waals surface area contributed by atoms with Crippen LogP contribution in [-0.4, -0.2) is 28.7 Å². The van der Waals surface area contributed by atoms with Crippen LogP contribution in [0.25, 0.3) is 22.3 Å². The molecule has 0 spiro atoms. The van der Waals surface area contributed by atoms with Gasteiger partial charge in [-0.05, 0) is 28.8 Å². The minimum Gasteiger partial charge on any atom is -0.420 e. The average Bonchev–Trinajstić information content (AvgIpc) is 3.06. The van der Waals surface area contributed by atoms with Gasteiger partial charge < -0.3 is 9.84 Å². The second-order valence-electron chi connectivity index (χ2n) is 9.36. The van der Waals surface area contributed by atoms with Crippen LogP contribution < -0.4 is 15.5 Å². The van der Waals surface area contributed by atoms with E-state index in [4.69, 9.17) is 4.74 Å². The van der Waals surface area contributed by atoms with Crippen molar-refractivity contribution in [3.63, 3.8) is 0 Å². The summed E-state index contributed by atoms with van der Waals surface area (Å²) < 4.78 is 35.8. The van der Waals surface area contributed by atoms with Crippen molar-refractivity contribution < 1.29 is 23.4 Å². The summed E-state index contributed by atoms with van der Waals surface area (Å²) in [6.45, 7) is 8.32. The maximum Gasteiger partial charge on any atom is 0.314 e. The average molecular weight is 457 g/mol. The first-order valence-electron chi connectivity index (χ1n) is 10.5. The molecular weight excluding hydrogens is 434 g/mol. The quantitative estimate of drug-likeness (QED) is 0.370. The zero-order valence-corrected chi connectivity index (χ0v) is 19.2. The van der Waals surface area contributed by atoms with E-state index >= 15 is 0 Å². The molecule has 2 aliphatic rings. The summed E-state index contributed by atoms with van der Waals surface area (Å²) in [4.78, 5) is 29.6. The van der Waals surface area contributed by atoms with Crippen molar-refractivity contribution >= 4 is 30.1 Å². The Morgan fingerprint density at radius 3 is 2.62 bits per heavy atom. The van der Waals surface area contributed by atoms with Crippen LogP contribution in [0.5, 0.6) is 5.75 Å².